The summed E-state index contributed by atoms with van der Waals surface area (Å²) < 4.78 is 0. The molecule has 3 aliphatic rings. The molecular formula is C11H12O2. The fraction of sp³-hybridized carbons (Fsp3) is 0.636. The van der Waals surface area contributed by atoms with Gasteiger partial charge in [-0.05, 0) is 18.3 Å². The van der Waals surface area contributed by atoms with Gasteiger partial charge in [-0.25, -0.2) is 0 Å². The molecule has 2 fully saturated rings. The summed E-state index contributed by atoms with van der Waals surface area (Å²) in [6.45, 7) is 0. The van der Waals surface area contributed by atoms with Gasteiger partial charge in [-0.3, -0.25) is 9.59 Å². The molecule has 0 aromatic heterocycles. The highest BCUT2D eigenvalue weighted by molar-refractivity contribution is 5.97. The van der Waals surface area contributed by atoms with Gasteiger partial charge in [0.05, 0.1) is 0 Å². The highest BCUT2D eigenvalue weighted by atomic mass is 16.1. The van der Waals surface area contributed by atoms with E-state index >= 15 is 0 Å². The maximum Gasteiger partial charge on any atom is 0.137 e. The first kappa shape index (κ1) is 7.48. The van der Waals surface area contributed by atoms with E-state index < -0.39 is 0 Å². The Morgan fingerprint density at radius 2 is 1.38 bits per heavy atom. The summed E-state index contributed by atoms with van der Waals surface area (Å²) in [5.74, 6) is 1.59. The third-order valence-corrected chi connectivity index (χ3v) is 3.82. The van der Waals surface area contributed by atoms with Crippen molar-refractivity contribution < 1.29 is 9.59 Å². The van der Waals surface area contributed by atoms with Crippen LogP contribution in [0.25, 0.3) is 0 Å². The molecule has 0 radical (unpaired) electrons. The number of ketones is 2. The van der Waals surface area contributed by atoms with Crippen LogP contribution in [-0.4, -0.2) is 11.6 Å². The van der Waals surface area contributed by atoms with E-state index in [1.807, 2.05) is 0 Å². The van der Waals surface area contributed by atoms with Crippen molar-refractivity contribution in [1.82, 2.24) is 0 Å². The lowest BCUT2D eigenvalue weighted by Gasteiger charge is -2.29. The second-order valence-corrected chi connectivity index (χ2v) is 4.43. The Morgan fingerprint density at radius 3 is 1.85 bits per heavy atom. The molecule has 2 bridgehead atoms. The molecule has 0 heterocycles. The van der Waals surface area contributed by atoms with Gasteiger partial charge in [0.2, 0.25) is 0 Å². The Bertz CT molecular complexity index is 286. The minimum absolute atomic E-state index is 0.0660. The third-order valence-electron chi connectivity index (χ3n) is 3.82. The molecular weight excluding hydrogens is 164 g/mol. The van der Waals surface area contributed by atoms with Crippen LogP contribution in [0.3, 0.4) is 0 Å². The minimum Gasteiger partial charge on any atom is -0.299 e. The Balaban J connectivity index is 2.03. The zero-order chi connectivity index (χ0) is 9.00. The number of fused-ring (bicyclic) bond motifs is 5. The van der Waals surface area contributed by atoms with E-state index in [0.29, 0.717) is 36.2 Å². The summed E-state index contributed by atoms with van der Waals surface area (Å²) in [6, 6.07) is 0. The van der Waals surface area contributed by atoms with Crippen LogP contribution in [0.4, 0.5) is 0 Å². The summed E-state index contributed by atoms with van der Waals surface area (Å²) in [5.41, 5.74) is 0. The molecule has 0 unspecified atom stereocenters. The van der Waals surface area contributed by atoms with Crippen molar-refractivity contribution >= 4 is 11.6 Å². The normalized spacial score (nSPS) is 47.1. The number of carbonyl (C=O) groups is 2. The average Bonchev–Trinajstić information content (AvgIpc) is 2.70. The molecule has 3 aliphatic carbocycles. The summed E-state index contributed by atoms with van der Waals surface area (Å²) >= 11 is 0. The molecule has 2 nitrogen and oxygen atoms in total. The van der Waals surface area contributed by atoms with Crippen LogP contribution >= 0.6 is 0 Å². The lowest BCUT2D eigenvalue weighted by atomic mass is 9.72. The van der Waals surface area contributed by atoms with Crippen LogP contribution in [-0.2, 0) is 9.59 Å². The quantitative estimate of drug-likeness (QED) is 0.522. The van der Waals surface area contributed by atoms with Crippen molar-refractivity contribution in [2.24, 2.45) is 23.7 Å². The molecule has 0 aromatic carbocycles. The zero-order valence-corrected chi connectivity index (χ0v) is 7.40. The van der Waals surface area contributed by atoms with Gasteiger partial charge in [-0.15, -0.1) is 0 Å². The second-order valence-electron chi connectivity index (χ2n) is 4.43. The first-order valence-corrected chi connectivity index (χ1v) is 5.01. The van der Waals surface area contributed by atoms with Crippen LogP contribution in [0, 0.1) is 23.7 Å². The Kier molecular flexibility index (Phi) is 1.33. The molecule has 0 aliphatic heterocycles. The van der Waals surface area contributed by atoms with E-state index in [-0.39, 0.29) is 11.8 Å². The van der Waals surface area contributed by atoms with E-state index in [9.17, 15) is 9.59 Å². The Hall–Kier alpha value is -0.920. The van der Waals surface area contributed by atoms with Gasteiger partial charge in [0.1, 0.15) is 11.6 Å². The lowest BCUT2D eigenvalue weighted by molar-refractivity contribution is -0.138. The topological polar surface area (TPSA) is 34.1 Å². The standard InChI is InChI=1S/C11H12O2/c12-8-3-4-9(13)11-7-2-1-6(5-7)10(8)11/h1-2,6-7,10-11H,3-5H2/t6-,7+,10+,11-. The highest BCUT2D eigenvalue weighted by Gasteiger charge is 2.52. The Labute approximate surface area is 77.0 Å². The summed E-state index contributed by atoms with van der Waals surface area (Å²) in [5, 5.41) is 0. The zero-order valence-electron chi connectivity index (χ0n) is 7.40. The van der Waals surface area contributed by atoms with E-state index in [4.69, 9.17) is 0 Å². The fourth-order valence-electron chi connectivity index (χ4n) is 3.28. The molecule has 13 heavy (non-hydrogen) atoms. The number of carbonyl (C=O) groups excluding carboxylic acids is 2. The SMILES string of the molecule is O=C1CCC(=O)[C@H]2[C@@H]1[C@H]1C=C[C@@H]2C1. The lowest BCUT2D eigenvalue weighted by Crippen LogP contribution is -2.37. The summed E-state index contributed by atoms with van der Waals surface area (Å²) in [4.78, 5) is 23.3. The van der Waals surface area contributed by atoms with Crippen molar-refractivity contribution in [3.8, 4) is 0 Å². The number of hydrogen-bond acceptors (Lipinski definition) is 2. The first-order valence-electron chi connectivity index (χ1n) is 5.01. The van der Waals surface area contributed by atoms with Crippen LogP contribution in [0.15, 0.2) is 12.2 Å². The van der Waals surface area contributed by atoms with Crippen molar-refractivity contribution in [2.45, 2.75) is 19.3 Å². The smallest absolute Gasteiger partial charge is 0.137 e. The molecule has 2 heteroatoms. The number of allylic oxidation sites excluding steroid dienone is 2. The minimum atomic E-state index is 0.0660. The molecule has 0 saturated heterocycles. The van der Waals surface area contributed by atoms with E-state index in [0.717, 1.165) is 6.42 Å². The van der Waals surface area contributed by atoms with E-state index in [1.54, 1.807) is 0 Å². The van der Waals surface area contributed by atoms with E-state index in [2.05, 4.69) is 12.2 Å². The number of rotatable bonds is 0. The maximum atomic E-state index is 11.6. The van der Waals surface area contributed by atoms with Gasteiger partial charge >= 0.3 is 0 Å². The number of hydrogen-bond donors (Lipinski definition) is 0. The molecule has 0 aromatic rings. The van der Waals surface area contributed by atoms with E-state index in [1.165, 1.54) is 0 Å². The predicted octanol–water partition coefficient (Wildman–Crippen LogP) is 1.36. The Morgan fingerprint density at radius 1 is 0.923 bits per heavy atom. The van der Waals surface area contributed by atoms with Crippen LogP contribution in [0.5, 0.6) is 0 Å². The summed E-state index contributed by atoms with van der Waals surface area (Å²) in [7, 11) is 0. The summed E-state index contributed by atoms with van der Waals surface area (Å²) in [6.07, 6.45) is 6.33. The highest BCUT2D eigenvalue weighted by Crippen LogP contribution is 2.51. The van der Waals surface area contributed by atoms with Gasteiger partial charge in [-0.2, -0.15) is 0 Å². The van der Waals surface area contributed by atoms with Crippen molar-refractivity contribution in [1.29, 1.82) is 0 Å². The third kappa shape index (κ3) is 0.835. The van der Waals surface area contributed by atoms with Crippen molar-refractivity contribution in [3.63, 3.8) is 0 Å². The van der Waals surface area contributed by atoms with Gasteiger partial charge in [0.15, 0.2) is 0 Å². The monoisotopic (exact) mass is 176 g/mol. The van der Waals surface area contributed by atoms with Crippen molar-refractivity contribution in [2.75, 3.05) is 0 Å². The van der Waals surface area contributed by atoms with Crippen molar-refractivity contribution in [3.05, 3.63) is 12.2 Å². The molecule has 0 amide bonds. The molecule has 3 rings (SSSR count). The average molecular weight is 176 g/mol. The first-order chi connectivity index (χ1) is 6.27. The molecule has 0 N–H and O–H groups in total. The molecule has 68 valence electrons. The maximum absolute atomic E-state index is 11.6. The second kappa shape index (κ2) is 2.31. The predicted molar refractivity (Wildman–Crippen MR) is 47.0 cm³/mol. The largest absolute Gasteiger partial charge is 0.299 e. The molecule has 0 spiro atoms. The van der Waals surface area contributed by atoms with Gasteiger partial charge in [-0.1, -0.05) is 12.2 Å². The van der Waals surface area contributed by atoms with Gasteiger partial charge in [0.25, 0.3) is 0 Å². The molecule has 2 saturated carbocycles. The van der Waals surface area contributed by atoms with Crippen LogP contribution in [0.1, 0.15) is 19.3 Å². The van der Waals surface area contributed by atoms with Gasteiger partial charge in [0, 0.05) is 24.7 Å². The van der Waals surface area contributed by atoms with Crippen LogP contribution in [0.2, 0.25) is 0 Å². The molecule has 4 atom stereocenters. The fourth-order valence-corrected chi connectivity index (χ4v) is 3.28. The van der Waals surface area contributed by atoms with Gasteiger partial charge < -0.3 is 0 Å². The van der Waals surface area contributed by atoms with Crippen LogP contribution < -0.4 is 0 Å². The number of Topliss-reactive ketones (excluding diaryl/α,β-unsaturated/α-hetero) is 2.